The fraction of sp³-hybridized carbons (Fsp3) is 0.429. The van der Waals surface area contributed by atoms with Crippen LogP contribution in [-0.2, 0) is 0 Å². The van der Waals surface area contributed by atoms with Crippen LogP contribution >= 0.6 is 31.9 Å². The van der Waals surface area contributed by atoms with Crippen LogP contribution in [0.2, 0.25) is 0 Å². The molecule has 100 valence electrons. The van der Waals surface area contributed by atoms with Crippen LogP contribution in [0.25, 0.3) is 6.08 Å². The third-order valence-corrected chi connectivity index (χ3v) is 3.52. The second-order valence-corrected chi connectivity index (χ2v) is 5.95. The molecule has 0 saturated heterocycles. The lowest BCUT2D eigenvalue weighted by Crippen LogP contribution is -2.16. The standard InChI is InChI=1S/C14H19Br2NO/c1-4-5-17-9-10(2)6-11-7-12(15)8-13(16)14(11)18-3/h6-8,17H,4-5,9H2,1-3H3. The molecule has 0 aromatic heterocycles. The molecule has 0 fully saturated rings. The van der Waals surface area contributed by atoms with Crippen LogP contribution in [0.3, 0.4) is 0 Å². The maximum Gasteiger partial charge on any atom is 0.140 e. The summed E-state index contributed by atoms with van der Waals surface area (Å²) in [5.74, 6) is 0.869. The first-order chi connectivity index (χ1) is 8.58. The zero-order valence-corrected chi connectivity index (χ0v) is 14.2. The molecular weight excluding hydrogens is 358 g/mol. The Hall–Kier alpha value is -0.320. The summed E-state index contributed by atoms with van der Waals surface area (Å²) < 4.78 is 7.42. The Bertz CT molecular complexity index is 430. The van der Waals surface area contributed by atoms with Crippen molar-refractivity contribution < 1.29 is 4.74 Å². The molecule has 0 unspecified atom stereocenters. The highest BCUT2D eigenvalue weighted by Gasteiger charge is 2.07. The van der Waals surface area contributed by atoms with Gasteiger partial charge in [-0.1, -0.05) is 34.5 Å². The van der Waals surface area contributed by atoms with Crippen molar-refractivity contribution in [2.75, 3.05) is 20.2 Å². The number of hydrogen-bond acceptors (Lipinski definition) is 2. The van der Waals surface area contributed by atoms with Gasteiger partial charge in [0, 0.05) is 16.6 Å². The van der Waals surface area contributed by atoms with Crippen LogP contribution in [0.5, 0.6) is 5.75 Å². The fourth-order valence-electron chi connectivity index (χ4n) is 1.68. The van der Waals surface area contributed by atoms with Gasteiger partial charge in [0.05, 0.1) is 11.6 Å². The molecular formula is C14H19Br2NO. The summed E-state index contributed by atoms with van der Waals surface area (Å²) in [4.78, 5) is 0. The SMILES string of the molecule is CCCNCC(C)=Cc1cc(Br)cc(Br)c1OC. The van der Waals surface area contributed by atoms with Crippen molar-refractivity contribution in [1.29, 1.82) is 0 Å². The average molecular weight is 377 g/mol. The number of benzene rings is 1. The van der Waals surface area contributed by atoms with E-state index < -0.39 is 0 Å². The molecule has 0 amide bonds. The van der Waals surface area contributed by atoms with Crippen molar-refractivity contribution in [3.8, 4) is 5.75 Å². The molecule has 0 spiro atoms. The quantitative estimate of drug-likeness (QED) is 0.731. The first-order valence-corrected chi connectivity index (χ1v) is 7.58. The van der Waals surface area contributed by atoms with E-state index in [0.717, 1.165) is 39.8 Å². The summed E-state index contributed by atoms with van der Waals surface area (Å²) >= 11 is 7.01. The Kier molecular flexibility index (Phi) is 6.97. The molecule has 0 aliphatic heterocycles. The fourth-order valence-corrected chi connectivity index (χ4v) is 3.10. The van der Waals surface area contributed by atoms with E-state index in [0.29, 0.717) is 0 Å². The number of methoxy groups -OCH3 is 1. The first-order valence-electron chi connectivity index (χ1n) is 5.99. The monoisotopic (exact) mass is 375 g/mol. The Morgan fingerprint density at radius 3 is 2.72 bits per heavy atom. The minimum absolute atomic E-state index is 0.869. The number of ether oxygens (including phenoxy) is 1. The van der Waals surface area contributed by atoms with Crippen LogP contribution in [0, 0.1) is 0 Å². The Morgan fingerprint density at radius 1 is 1.39 bits per heavy atom. The molecule has 0 saturated carbocycles. The summed E-state index contributed by atoms with van der Waals surface area (Å²) in [5, 5.41) is 3.39. The zero-order chi connectivity index (χ0) is 13.5. The van der Waals surface area contributed by atoms with Gasteiger partial charge in [-0.25, -0.2) is 0 Å². The molecule has 0 aliphatic rings. The van der Waals surface area contributed by atoms with Crippen molar-refractivity contribution in [2.45, 2.75) is 20.3 Å². The maximum absolute atomic E-state index is 5.42. The Labute approximate surface area is 126 Å². The third-order valence-electron chi connectivity index (χ3n) is 2.47. The lowest BCUT2D eigenvalue weighted by molar-refractivity contribution is 0.411. The van der Waals surface area contributed by atoms with Gasteiger partial charge in [-0.3, -0.25) is 0 Å². The number of hydrogen-bond donors (Lipinski definition) is 1. The zero-order valence-electron chi connectivity index (χ0n) is 11.0. The molecule has 0 atom stereocenters. The molecule has 2 nitrogen and oxygen atoms in total. The van der Waals surface area contributed by atoms with Crippen LogP contribution in [-0.4, -0.2) is 20.2 Å². The van der Waals surface area contributed by atoms with E-state index in [1.165, 1.54) is 5.57 Å². The molecule has 0 heterocycles. The van der Waals surface area contributed by atoms with Crippen LogP contribution in [0.15, 0.2) is 26.7 Å². The van der Waals surface area contributed by atoms with Gasteiger partial charge in [-0.05, 0) is 48.0 Å². The van der Waals surface area contributed by atoms with Gasteiger partial charge in [-0.15, -0.1) is 0 Å². The molecule has 18 heavy (non-hydrogen) atoms. The van der Waals surface area contributed by atoms with E-state index in [9.17, 15) is 0 Å². The lowest BCUT2D eigenvalue weighted by Gasteiger charge is -2.10. The second-order valence-electron chi connectivity index (χ2n) is 4.18. The first kappa shape index (κ1) is 15.7. The third kappa shape index (κ3) is 4.75. The van der Waals surface area contributed by atoms with Gasteiger partial charge in [0.15, 0.2) is 0 Å². The summed E-state index contributed by atoms with van der Waals surface area (Å²) in [6.07, 6.45) is 3.30. The van der Waals surface area contributed by atoms with Gasteiger partial charge in [0.25, 0.3) is 0 Å². The highest BCUT2D eigenvalue weighted by Crippen LogP contribution is 2.33. The van der Waals surface area contributed by atoms with Crippen LogP contribution in [0.4, 0.5) is 0 Å². The van der Waals surface area contributed by atoms with E-state index >= 15 is 0 Å². The number of halogens is 2. The highest BCUT2D eigenvalue weighted by molar-refractivity contribution is 9.11. The van der Waals surface area contributed by atoms with Gasteiger partial charge in [0.2, 0.25) is 0 Å². The normalized spacial score (nSPS) is 11.7. The molecule has 0 aliphatic carbocycles. The number of rotatable bonds is 6. The molecule has 1 aromatic carbocycles. The molecule has 0 radical (unpaired) electrons. The van der Waals surface area contributed by atoms with Crippen molar-refractivity contribution in [3.05, 3.63) is 32.2 Å². The molecule has 0 bridgehead atoms. The predicted octanol–water partition coefficient (Wildman–Crippen LogP) is 4.62. The van der Waals surface area contributed by atoms with E-state index in [1.807, 2.05) is 6.07 Å². The van der Waals surface area contributed by atoms with E-state index in [-0.39, 0.29) is 0 Å². The van der Waals surface area contributed by atoms with Crippen LogP contribution in [0.1, 0.15) is 25.8 Å². The van der Waals surface area contributed by atoms with Gasteiger partial charge in [0.1, 0.15) is 5.75 Å². The predicted molar refractivity (Wildman–Crippen MR) is 85.2 cm³/mol. The van der Waals surface area contributed by atoms with Crippen molar-refractivity contribution in [2.24, 2.45) is 0 Å². The van der Waals surface area contributed by atoms with Crippen LogP contribution < -0.4 is 10.1 Å². The van der Waals surface area contributed by atoms with E-state index in [2.05, 4.69) is 63.2 Å². The summed E-state index contributed by atoms with van der Waals surface area (Å²) in [7, 11) is 1.69. The van der Waals surface area contributed by atoms with E-state index in [1.54, 1.807) is 7.11 Å². The van der Waals surface area contributed by atoms with Crippen molar-refractivity contribution in [1.82, 2.24) is 5.32 Å². The summed E-state index contributed by atoms with van der Waals surface area (Å²) in [6, 6.07) is 4.05. The summed E-state index contributed by atoms with van der Waals surface area (Å²) in [6.45, 7) is 6.24. The van der Waals surface area contributed by atoms with E-state index in [4.69, 9.17) is 4.74 Å². The topological polar surface area (TPSA) is 21.3 Å². The molecule has 1 N–H and O–H groups in total. The smallest absolute Gasteiger partial charge is 0.140 e. The minimum atomic E-state index is 0.869. The second kappa shape index (κ2) is 7.97. The average Bonchev–Trinajstić information content (AvgIpc) is 2.28. The van der Waals surface area contributed by atoms with Crippen molar-refractivity contribution >= 4 is 37.9 Å². The largest absolute Gasteiger partial charge is 0.495 e. The highest BCUT2D eigenvalue weighted by atomic mass is 79.9. The molecule has 1 rings (SSSR count). The van der Waals surface area contributed by atoms with Gasteiger partial charge < -0.3 is 10.1 Å². The Balaban J connectivity index is 2.91. The Morgan fingerprint density at radius 2 is 2.11 bits per heavy atom. The van der Waals surface area contributed by atoms with Gasteiger partial charge in [-0.2, -0.15) is 0 Å². The molecule has 1 aromatic rings. The summed E-state index contributed by atoms with van der Waals surface area (Å²) in [5.41, 5.74) is 2.36. The van der Waals surface area contributed by atoms with Gasteiger partial charge >= 0.3 is 0 Å². The van der Waals surface area contributed by atoms with Crippen molar-refractivity contribution in [3.63, 3.8) is 0 Å². The molecule has 4 heteroatoms. The minimum Gasteiger partial charge on any atom is -0.495 e. The maximum atomic E-state index is 5.42. The number of nitrogens with one attached hydrogen (secondary N) is 1. The lowest BCUT2D eigenvalue weighted by atomic mass is 10.1.